The minimum absolute atomic E-state index is 0.101. The van der Waals surface area contributed by atoms with Gasteiger partial charge in [0.1, 0.15) is 6.33 Å². The van der Waals surface area contributed by atoms with Crippen molar-refractivity contribution in [3.8, 4) is 0 Å². The number of nitrogens with one attached hydrogen (secondary N) is 1. The van der Waals surface area contributed by atoms with Gasteiger partial charge in [-0.05, 0) is 32.6 Å². The van der Waals surface area contributed by atoms with Crippen molar-refractivity contribution in [2.45, 2.75) is 55.8 Å². The first kappa shape index (κ1) is 14.8. The van der Waals surface area contributed by atoms with Crippen molar-refractivity contribution in [3.05, 3.63) is 6.33 Å². The van der Waals surface area contributed by atoms with Crippen LogP contribution < -0.4 is 5.32 Å². The molecule has 0 saturated heterocycles. The van der Waals surface area contributed by atoms with E-state index < -0.39 is 0 Å². The molecule has 1 heterocycles. The number of hydrogen-bond donors (Lipinski definition) is 2. The molecule has 0 bridgehead atoms. The van der Waals surface area contributed by atoms with Gasteiger partial charge in [0.05, 0.1) is 6.61 Å². The zero-order valence-corrected chi connectivity index (χ0v) is 12.6. The Morgan fingerprint density at radius 1 is 1.53 bits per heavy atom. The highest BCUT2D eigenvalue weighted by molar-refractivity contribution is 7.99. The molecule has 1 aliphatic rings. The van der Waals surface area contributed by atoms with Gasteiger partial charge >= 0.3 is 0 Å². The zero-order chi connectivity index (χ0) is 13.7. The van der Waals surface area contributed by atoms with Crippen LogP contribution in [0.25, 0.3) is 0 Å². The van der Waals surface area contributed by atoms with Gasteiger partial charge in [-0.1, -0.05) is 18.2 Å². The number of aliphatic hydroxyl groups is 1. The summed E-state index contributed by atoms with van der Waals surface area (Å²) in [5, 5.41) is 18.1. The number of hydrogen-bond acceptors (Lipinski definition) is 5. The Bertz CT molecular complexity index is 394. The number of nitrogens with zero attached hydrogens (tertiary/aromatic N) is 3. The van der Waals surface area contributed by atoms with Crippen LogP contribution in [0.15, 0.2) is 11.5 Å². The maximum absolute atomic E-state index is 9.52. The highest BCUT2D eigenvalue weighted by Crippen LogP contribution is 2.25. The molecule has 1 fully saturated rings. The van der Waals surface area contributed by atoms with Crippen molar-refractivity contribution < 1.29 is 5.11 Å². The van der Waals surface area contributed by atoms with E-state index in [1.165, 1.54) is 12.8 Å². The van der Waals surface area contributed by atoms with E-state index in [2.05, 4.69) is 22.3 Å². The first-order valence-corrected chi connectivity index (χ1v) is 7.97. The lowest BCUT2D eigenvalue weighted by Gasteiger charge is -2.29. The lowest BCUT2D eigenvalue weighted by atomic mass is 9.96. The second-order valence-electron chi connectivity index (χ2n) is 5.61. The summed E-state index contributed by atoms with van der Waals surface area (Å²) in [4.78, 5) is 4.19. The van der Waals surface area contributed by atoms with Crippen LogP contribution >= 0.6 is 11.8 Å². The van der Waals surface area contributed by atoms with Gasteiger partial charge in [-0.3, -0.25) is 0 Å². The zero-order valence-electron chi connectivity index (χ0n) is 11.8. The van der Waals surface area contributed by atoms with Gasteiger partial charge in [-0.2, -0.15) is 5.10 Å². The highest BCUT2D eigenvalue weighted by atomic mass is 32.2. The Balaban J connectivity index is 1.61. The first-order valence-electron chi connectivity index (χ1n) is 6.98. The highest BCUT2D eigenvalue weighted by Gasteiger charge is 2.31. The normalized spacial score (nSPS) is 18.5. The molecule has 1 atom stereocenters. The van der Waals surface area contributed by atoms with E-state index in [9.17, 15) is 5.11 Å². The summed E-state index contributed by atoms with van der Waals surface area (Å²) >= 11 is 1.74. The average molecular weight is 284 g/mol. The molecule has 0 spiro atoms. The summed E-state index contributed by atoms with van der Waals surface area (Å²) in [7, 11) is 1.91. The largest absolute Gasteiger partial charge is 0.394 e. The van der Waals surface area contributed by atoms with E-state index in [0.717, 1.165) is 30.2 Å². The molecular weight excluding hydrogens is 260 g/mol. The predicted octanol–water partition coefficient (Wildman–Crippen LogP) is 1.58. The van der Waals surface area contributed by atoms with Crippen molar-refractivity contribution in [1.29, 1.82) is 0 Å². The maximum Gasteiger partial charge on any atom is 0.185 e. The molecule has 19 heavy (non-hydrogen) atoms. The smallest absolute Gasteiger partial charge is 0.185 e. The number of thioether (sulfide) groups is 1. The molecule has 108 valence electrons. The lowest BCUT2D eigenvalue weighted by molar-refractivity contribution is 0.161. The molecule has 0 aromatic carbocycles. The number of aryl methyl sites for hydroxylation is 1. The molecule has 0 radical (unpaired) electrons. The molecule has 1 aliphatic carbocycles. The third kappa shape index (κ3) is 4.78. The van der Waals surface area contributed by atoms with Crippen molar-refractivity contribution in [1.82, 2.24) is 20.1 Å². The van der Waals surface area contributed by atoms with Gasteiger partial charge in [-0.15, -0.1) is 0 Å². The van der Waals surface area contributed by atoms with Crippen LogP contribution in [0.3, 0.4) is 0 Å². The average Bonchev–Trinajstić information content (AvgIpc) is 3.11. The van der Waals surface area contributed by atoms with Crippen molar-refractivity contribution in [2.24, 2.45) is 7.05 Å². The SMILES string of the molecule is Cn1ncnc1SCCCCC(C)(CO)NC1CC1. The fraction of sp³-hybridized carbons (Fsp3) is 0.846. The summed E-state index contributed by atoms with van der Waals surface area (Å²) in [5.41, 5.74) is -0.101. The molecule has 2 rings (SSSR count). The fourth-order valence-electron chi connectivity index (χ4n) is 2.11. The predicted molar refractivity (Wildman–Crippen MR) is 77.2 cm³/mol. The summed E-state index contributed by atoms with van der Waals surface area (Å²) in [5.74, 6) is 1.05. The molecule has 1 unspecified atom stereocenters. The number of unbranched alkanes of at least 4 members (excludes halogenated alkanes) is 1. The molecule has 2 N–H and O–H groups in total. The number of aromatic nitrogens is 3. The van der Waals surface area contributed by atoms with E-state index in [0.29, 0.717) is 6.04 Å². The number of aliphatic hydroxyl groups excluding tert-OH is 1. The minimum atomic E-state index is -0.101. The summed E-state index contributed by atoms with van der Waals surface area (Å²) < 4.78 is 1.80. The molecule has 1 aromatic heterocycles. The lowest BCUT2D eigenvalue weighted by Crippen LogP contribution is -2.46. The van der Waals surface area contributed by atoms with Gasteiger partial charge in [-0.25, -0.2) is 9.67 Å². The van der Waals surface area contributed by atoms with Crippen LogP contribution in [0.1, 0.15) is 39.0 Å². The van der Waals surface area contributed by atoms with E-state index >= 15 is 0 Å². The second kappa shape index (κ2) is 6.72. The fourth-order valence-corrected chi connectivity index (χ4v) is 3.00. The second-order valence-corrected chi connectivity index (χ2v) is 6.67. The van der Waals surface area contributed by atoms with Crippen LogP contribution in [0.4, 0.5) is 0 Å². The van der Waals surface area contributed by atoms with Gasteiger partial charge < -0.3 is 10.4 Å². The molecule has 6 heteroatoms. The van der Waals surface area contributed by atoms with Crippen LogP contribution in [0, 0.1) is 0 Å². The van der Waals surface area contributed by atoms with E-state index in [-0.39, 0.29) is 12.1 Å². The molecule has 0 aliphatic heterocycles. The molecule has 1 aromatic rings. The van der Waals surface area contributed by atoms with E-state index in [4.69, 9.17) is 0 Å². The van der Waals surface area contributed by atoms with Gasteiger partial charge in [0, 0.05) is 24.4 Å². The standard InChI is InChI=1S/C13H24N4OS/c1-13(9-18,16-11-5-6-11)7-3-4-8-19-12-14-10-15-17(12)2/h10-11,16,18H,3-9H2,1-2H3. The maximum atomic E-state index is 9.52. The van der Waals surface area contributed by atoms with Crippen LogP contribution in [-0.2, 0) is 7.05 Å². The van der Waals surface area contributed by atoms with Crippen molar-refractivity contribution in [2.75, 3.05) is 12.4 Å². The third-order valence-corrected chi connectivity index (χ3v) is 4.62. The van der Waals surface area contributed by atoms with Crippen LogP contribution in [-0.4, -0.2) is 43.8 Å². The Labute approximate surface area is 119 Å². The Morgan fingerprint density at radius 3 is 2.89 bits per heavy atom. The number of rotatable bonds is 9. The topological polar surface area (TPSA) is 63.0 Å². The van der Waals surface area contributed by atoms with Crippen molar-refractivity contribution in [3.63, 3.8) is 0 Å². The van der Waals surface area contributed by atoms with Gasteiger partial charge in [0.2, 0.25) is 0 Å². The van der Waals surface area contributed by atoms with Crippen LogP contribution in [0.2, 0.25) is 0 Å². The Morgan fingerprint density at radius 2 is 2.32 bits per heavy atom. The minimum Gasteiger partial charge on any atom is -0.394 e. The monoisotopic (exact) mass is 284 g/mol. The molecule has 5 nitrogen and oxygen atoms in total. The van der Waals surface area contributed by atoms with Gasteiger partial charge in [0.15, 0.2) is 5.16 Å². The summed E-state index contributed by atoms with van der Waals surface area (Å²) in [6, 6.07) is 0.644. The molecule has 0 amide bonds. The quantitative estimate of drug-likeness (QED) is 0.532. The first-order chi connectivity index (χ1) is 9.13. The summed E-state index contributed by atoms with van der Waals surface area (Å²) in [6.07, 6.45) is 7.40. The summed E-state index contributed by atoms with van der Waals surface area (Å²) in [6.45, 7) is 2.35. The molecular formula is C13H24N4OS. The van der Waals surface area contributed by atoms with Crippen molar-refractivity contribution >= 4 is 11.8 Å². The Hall–Kier alpha value is -0.590. The molecule has 1 saturated carbocycles. The van der Waals surface area contributed by atoms with E-state index in [1.54, 1.807) is 22.8 Å². The van der Waals surface area contributed by atoms with Gasteiger partial charge in [0.25, 0.3) is 0 Å². The van der Waals surface area contributed by atoms with Crippen LogP contribution in [0.5, 0.6) is 0 Å². The third-order valence-electron chi connectivity index (χ3n) is 3.50. The Kier molecular flexibility index (Phi) is 5.24. The van der Waals surface area contributed by atoms with E-state index in [1.807, 2.05) is 7.05 Å².